The van der Waals surface area contributed by atoms with Gasteiger partial charge in [-0.05, 0) is 41.1 Å². The third-order valence-corrected chi connectivity index (χ3v) is 4.16. The summed E-state index contributed by atoms with van der Waals surface area (Å²) < 4.78 is 1.12. The first-order chi connectivity index (χ1) is 10.3. The van der Waals surface area contributed by atoms with Gasteiger partial charge in [-0.15, -0.1) is 0 Å². The van der Waals surface area contributed by atoms with Crippen molar-refractivity contribution in [2.45, 2.75) is 19.9 Å². The Labute approximate surface area is 133 Å². The van der Waals surface area contributed by atoms with Gasteiger partial charge in [0, 0.05) is 34.5 Å². The van der Waals surface area contributed by atoms with Gasteiger partial charge in [-0.1, -0.05) is 47.1 Å². The number of aryl methyl sites for hydroxylation is 1. The average molecular weight is 341 g/mol. The lowest BCUT2D eigenvalue weighted by Gasteiger charge is -2.12. The minimum atomic E-state index is 0.781. The highest BCUT2D eigenvalue weighted by molar-refractivity contribution is 9.10. The molecule has 0 fully saturated rings. The van der Waals surface area contributed by atoms with E-state index in [0.717, 1.165) is 17.4 Å². The number of rotatable bonds is 4. The summed E-state index contributed by atoms with van der Waals surface area (Å²) in [5, 5.41) is 5.98. The van der Waals surface area contributed by atoms with Gasteiger partial charge in [0.15, 0.2) is 0 Å². The summed E-state index contributed by atoms with van der Waals surface area (Å²) in [7, 11) is 0. The predicted molar refractivity (Wildman–Crippen MR) is 92.6 cm³/mol. The van der Waals surface area contributed by atoms with Crippen molar-refractivity contribution in [3.8, 4) is 0 Å². The van der Waals surface area contributed by atoms with Gasteiger partial charge in [0.2, 0.25) is 0 Å². The molecule has 0 aliphatic rings. The van der Waals surface area contributed by atoms with Crippen molar-refractivity contribution in [2.75, 3.05) is 5.32 Å². The first-order valence-electron chi connectivity index (χ1n) is 7.12. The molecule has 1 heterocycles. The summed E-state index contributed by atoms with van der Waals surface area (Å²) in [5.41, 5.74) is 3.73. The average Bonchev–Trinajstić information content (AvgIpc) is 2.53. The number of fused-ring (bicyclic) bond motifs is 1. The van der Waals surface area contributed by atoms with E-state index in [-0.39, 0.29) is 0 Å². The molecule has 0 atom stereocenters. The summed E-state index contributed by atoms with van der Waals surface area (Å²) in [6, 6.07) is 14.7. The van der Waals surface area contributed by atoms with Crippen molar-refractivity contribution in [1.29, 1.82) is 0 Å². The van der Waals surface area contributed by atoms with Crippen LogP contribution < -0.4 is 5.32 Å². The molecule has 2 aromatic carbocycles. The van der Waals surface area contributed by atoms with E-state index in [1.807, 2.05) is 18.5 Å². The van der Waals surface area contributed by atoms with E-state index in [9.17, 15) is 0 Å². The van der Waals surface area contributed by atoms with Crippen molar-refractivity contribution in [1.82, 2.24) is 4.98 Å². The Balaban J connectivity index is 1.87. The summed E-state index contributed by atoms with van der Waals surface area (Å²) in [6.07, 6.45) is 4.87. The lowest BCUT2D eigenvalue weighted by molar-refractivity contribution is 1.09. The largest absolute Gasteiger partial charge is 0.381 e. The highest BCUT2D eigenvalue weighted by atomic mass is 79.9. The Morgan fingerprint density at radius 3 is 2.76 bits per heavy atom. The highest BCUT2D eigenvalue weighted by Gasteiger charge is 2.04. The maximum Gasteiger partial charge on any atom is 0.0422 e. The first-order valence-corrected chi connectivity index (χ1v) is 7.91. The number of pyridine rings is 1. The SMILES string of the molecule is CCc1cc(Br)ccc1NCc1cncc2ccccc12. The monoisotopic (exact) mass is 340 g/mol. The fourth-order valence-electron chi connectivity index (χ4n) is 2.54. The van der Waals surface area contributed by atoms with Gasteiger partial charge in [0.05, 0.1) is 0 Å². The van der Waals surface area contributed by atoms with Crippen LogP contribution in [0.1, 0.15) is 18.1 Å². The molecular weight excluding hydrogens is 324 g/mol. The normalized spacial score (nSPS) is 10.8. The summed E-state index contributed by atoms with van der Waals surface area (Å²) in [5.74, 6) is 0. The van der Waals surface area contributed by atoms with E-state index in [4.69, 9.17) is 0 Å². The van der Waals surface area contributed by atoms with E-state index < -0.39 is 0 Å². The van der Waals surface area contributed by atoms with E-state index in [2.05, 4.69) is 69.6 Å². The smallest absolute Gasteiger partial charge is 0.0422 e. The van der Waals surface area contributed by atoms with Crippen molar-refractivity contribution in [2.24, 2.45) is 0 Å². The zero-order valence-corrected chi connectivity index (χ0v) is 13.5. The topological polar surface area (TPSA) is 24.9 Å². The maximum absolute atomic E-state index is 4.33. The molecule has 0 saturated heterocycles. The Bertz CT molecular complexity index is 763. The number of nitrogens with zero attached hydrogens (tertiary/aromatic N) is 1. The molecule has 21 heavy (non-hydrogen) atoms. The second kappa shape index (κ2) is 6.27. The Hall–Kier alpha value is -1.87. The summed E-state index contributed by atoms with van der Waals surface area (Å²) >= 11 is 3.53. The number of hydrogen-bond acceptors (Lipinski definition) is 2. The highest BCUT2D eigenvalue weighted by Crippen LogP contribution is 2.23. The molecule has 3 aromatic rings. The molecule has 0 saturated carbocycles. The van der Waals surface area contributed by atoms with Crippen molar-refractivity contribution in [3.05, 3.63) is 70.5 Å². The molecule has 0 spiro atoms. The molecule has 0 aliphatic carbocycles. The van der Waals surface area contributed by atoms with Crippen LogP contribution in [0.3, 0.4) is 0 Å². The van der Waals surface area contributed by atoms with Crippen LogP contribution >= 0.6 is 15.9 Å². The molecule has 1 N–H and O–H groups in total. The molecule has 0 bridgehead atoms. The van der Waals surface area contributed by atoms with Crippen LogP contribution in [0, 0.1) is 0 Å². The first kappa shape index (κ1) is 14.1. The summed E-state index contributed by atoms with van der Waals surface area (Å²) in [4.78, 5) is 4.33. The Morgan fingerprint density at radius 1 is 1.05 bits per heavy atom. The van der Waals surface area contributed by atoms with E-state index >= 15 is 0 Å². The zero-order valence-electron chi connectivity index (χ0n) is 11.9. The molecule has 3 rings (SSSR count). The number of anilines is 1. The molecule has 3 heteroatoms. The number of benzene rings is 2. The molecule has 0 radical (unpaired) electrons. The Kier molecular flexibility index (Phi) is 4.20. The second-order valence-electron chi connectivity index (χ2n) is 5.03. The zero-order chi connectivity index (χ0) is 14.7. The van der Waals surface area contributed by atoms with Crippen LogP contribution in [-0.4, -0.2) is 4.98 Å². The molecule has 0 amide bonds. The predicted octanol–water partition coefficient (Wildman–Crippen LogP) is 5.17. The van der Waals surface area contributed by atoms with Gasteiger partial charge >= 0.3 is 0 Å². The molecule has 2 nitrogen and oxygen atoms in total. The summed E-state index contributed by atoms with van der Waals surface area (Å²) in [6.45, 7) is 2.95. The van der Waals surface area contributed by atoms with E-state index in [1.54, 1.807) is 0 Å². The Morgan fingerprint density at radius 2 is 1.90 bits per heavy atom. The molecule has 106 valence electrons. The fourth-order valence-corrected chi connectivity index (χ4v) is 2.95. The van der Waals surface area contributed by atoms with Crippen LogP contribution in [0.2, 0.25) is 0 Å². The van der Waals surface area contributed by atoms with Crippen LogP contribution in [0.5, 0.6) is 0 Å². The van der Waals surface area contributed by atoms with Gasteiger partial charge in [0.25, 0.3) is 0 Å². The van der Waals surface area contributed by atoms with Crippen LogP contribution in [0.25, 0.3) is 10.8 Å². The van der Waals surface area contributed by atoms with E-state index in [0.29, 0.717) is 0 Å². The van der Waals surface area contributed by atoms with Gasteiger partial charge in [-0.25, -0.2) is 0 Å². The van der Waals surface area contributed by atoms with Crippen molar-refractivity contribution < 1.29 is 0 Å². The number of nitrogens with one attached hydrogen (secondary N) is 1. The lowest BCUT2D eigenvalue weighted by Crippen LogP contribution is -2.03. The quantitative estimate of drug-likeness (QED) is 0.708. The van der Waals surface area contributed by atoms with E-state index in [1.165, 1.54) is 27.6 Å². The number of halogens is 1. The van der Waals surface area contributed by atoms with Crippen molar-refractivity contribution in [3.63, 3.8) is 0 Å². The molecular formula is C18H17BrN2. The lowest BCUT2D eigenvalue weighted by atomic mass is 10.1. The minimum Gasteiger partial charge on any atom is -0.381 e. The van der Waals surface area contributed by atoms with Gasteiger partial charge in [0.1, 0.15) is 0 Å². The van der Waals surface area contributed by atoms with Crippen molar-refractivity contribution >= 4 is 32.4 Å². The van der Waals surface area contributed by atoms with Crippen LogP contribution in [0.15, 0.2) is 59.3 Å². The molecule has 0 unspecified atom stereocenters. The molecule has 0 aliphatic heterocycles. The van der Waals surface area contributed by atoms with Crippen LogP contribution in [-0.2, 0) is 13.0 Å². The second-order valence-corrected chi connectivity index (χ2v) is 5.94. The maximum atomic E-state index is 4.33. The fraction of sp³-hybridized carbons (Fsp3) is 0.167. The third kappa shape index (κ3) is 3.08. The third-order valence-electron chi connectivity index (χ3n) is 3.67. The molecule has 1 aromatic heterocycles. The van der Waals surface area contributed by atoms with Gasteiger partial charge in [-0.3, -0.25) is 4.98 Å². The number of hydrogen-bond donors (Lipinski definition) is 1. The standard InChI is InChI=1S/C18H17BrN2/c1-2-13-9-16(19)7-8-18(13)21-12-15-11-20-10-14-5-3-4-6-17(14)15/h3-11,21H,2,12H2,1H3. The minimum absolute atomic E-state index is 0.781. The number of aromatic nitrogens is 1. The van der Waals surface area contributed by atoms with Gasteiger partial charge in [-0.2, -0.15) is 0 Å². The van der Waals surface area contributed by atoms with Gasteiger partial charge < -0.3 is 5.32 Å². The van der Waals surface area contributed by atoms with Crippen LogP contribution in [0.4, 0.5) is 5.69 Å².